The first-order valence-corrected chi connectivity index (χ1v) is 5.01. The van der Waals surface area contributed by atoms with Gasteiger partial charge in [-0.25, -0.2) is 0 Å². The van der Waals surface area contributed by atoms with Crippen molar-refractivity contribution < 1.29 is 15.0 Å². The number of fused-ring (bicyclic) bond motifs is 1. The van der Waals surface area contributed by atoms with Crippen LogP contribution in [0, 0.1) is 6.92 Å². The van der Waals surface area contributed by atoms with Crippen molar-refractivity contribution in [3.63, 3.8) is 0 Å². The molecule has 1 atom stereocenters. The molecule has 1 unspecified atom stereocenters. The quantitative estimate of drug-likeness (QED) is 0.671. The molecule has 1 heterocycles. The Morgan fingerprint density at radius 3 is 3.07 bits per heavy atom. The summed E-state index contributed by atoms with van der Waals surface area (Å²) in [6, 6.07) is 0. The van der Waals surface area contributed by atoms with Crippen LogP contribution in [0.3, 0.4) is 0 Å². The Kier molecular flexibility index (Phi) is 2.26. The molecule has 0 amide bonds. The Hall–Kier alpha value is -1.36. The number of aromatic nitrogens is 2. The monoisotopic (exact) mass is 210 g/mol. The number of aliphatic carboxylic acids is 1. The third-order valence-electron chi connectivity index (χ3n) is 2.94. The molecular weight excluding hydrogens is 196 g/mol. The molecule has 2 rings (SSSR count). The number of carboxylic acids is 1. The van der Waals surface area contributed by atoms with Gasteiger partial charge < -0.3 is 10.2 Å². The number of rotatable bonds is 2. The Labute approximate surface area is 87.1 Å². The van der Waals surface area contributed by atoms with Gasteiger partial charge >= 0.3 is 5.97 Å². The highest BCUT2D eigenvalue weighted by atomic mass is 16.4. The van der Waals surface area contributed by atoms with Gasteiger partial charge in [0.2, 0.25) is 0 Å². The van der Waals surface area contributed by atoms with Crippen LogP contribution < -0.4 is 0 Å². The lowest BCUT2D eigenvalue weighted by Gasteiger charge is -2.31. The van der Waals surface area contributed by atoms with Gasteiger partial charge in [0.25, 0.3) is 0 Å². The highest BCUT2D eigenvalue weighted by molar-refractivity contribution is 5.69. The number of nitrogens with zero attached hydrogens (tertiary/aromatic N) is 1. The molecule has 0 bridgehead atoms. The molecular formula is C10H14N2O3. The van der Waals surface area contributed by atoms with E-state index in [2.05, 4.69) is 10.2 Å². The first kappa shape index (κ1) is 10.2. The zero-order valence-electron chi connectivity index (χ0n) is 8.58. The molecule has 1 aliphatic rings. The SMILES string of the molecule is Cc1[nH]nc2c1C(O)(CC(=O)O)CCC2. The standard InChI is InChI=1S/C10H14N2O3/c1-6-9-7(12-11-6)3-2-4-10(9,15)5-8(13)14/h15H,2-5H2,1H3,(H,11,12)(H,13,14). The average Bonchev–Trinajstić information content (AvgIpc) is 2.47. The number of hydrogen-bond donors (Lipinski definition) is 3. The van der Waals surface area contributed by atoms with Gasteiger partial charge in [0.05, 0.1) is 12.1 Å². The van der Waals surface area contributed by atoms with Crippen LogP contribution in [-0.2, 0) is 16.8 Å². The van der Waals surface area contributed by atoms with E-state index < -0.39 is 11.6 Å². The lowest BCUT2D eigenvalue weighted by Crippen LogP contribution is -2.33. The second kappa shape index (κ2) is 3.34. The van der Waals surface area contributed by atoms with Gasteiger partial charge in [-0.05, 0) is 26.2 Å². The number of H-pyrrole nitrogens is 1. The van der Waals surface area contributed by atoms with Crippen LogP contribution in [-0.4, -0.2) is 26.4 Å². The summed E-state index contributed by atoms with van der Waals surface area (Å²) < 4.78 is 0. The summed E-state index contributed by atoms with van der Waals surface area (Å²) in [6.45, 7) is 1.81. The predicted octanol–water partition coefficient (Wildman–Crippen LogP) is 0.717. The van der Waals surface area contributed by atoms with Gasteiger partial charge in [-0.15, -0.1) is 0 Å². The minimum atomic E-state index is -1.24. The van der Waals surface area contributed by atoms with Gasteiger partial charge in [-0.2, -0.15) is 5.10 Å². The maximum atomic E-state index is 10.7. The van der Waals surface area contributed by atoms with Crippen LogP contribution in [0.15, 0.2) is 0 Å². The van der Waals surface area contributed by atoms with Crippen molar-refractivity contribution >= 4 is 5.97 Å². The van der Waals surface area contributed by atoms with Crippen molar-refractivity contribution in [3.05, 3.63) is 17.0 Å². The number of aliphatic hydroxyl groups is 1. The van der Waals surface area contributed by atoms with Crippen molar-refractivity contribution in [1.82, 2.24) is 10.2 Å². The van der Waals surface area contributed by atoms with Crippen molar-refractivity contribution in [3.8, 4) is 0 Å². The Bertz CT molecular complexity index is 399. The van der Waals surface area contributed by atoms with E-state index in [0.717, 1.165) is 24.2 Å². The van der Waals surface area contributed by atoms with E-state index in [0.29, 0.717) is 12.0 Å². The van der Waals surface area contributed by atoms with E-state index in [1.54, 1.807) is 0 Å². The number of nitrogens with one attached hydrogen (secondary N) is 1. The summed E-state index contributed by atoms with van der Waals surface area (Å²) in [5, 5.41) is 26.0. The van der Waals surface area contributed by atoms with E-state index in [-0.39, 0.29) is 6.42 Å². The summed E-state index contributed by atoms with van der Waals surface area (Å²) in [6.07, 6.45) is 1.83. The molecule has 0 aliphatic heterocycles. The second-order valence-corrected chi connectivity index (χ2v) is 4.13. The normalized spacial score (nSPS) is 24.9. The Morgan fingerprint density at radius 1 is 1.67 bits per heavy atom. The summed E-state index contributed by atoms with van der Waals surface area (Å²) in [4.78, 5) is 10.7. The molecule has 1 aromatic rings. The van der Waals surface area contributed by atoms with E-state index in [1.165, 1.54) is 0 Å². The molecule has 3 N–H and O–H groups in total. The van der Waals surface area contributed by atoms with E-state index >= 15 is 0 Å². The molecule has 1 aliphatic carbocycles. The fraction of sp³-hybridized carbons (Fsp3) is 0.600. The minimum Gasteiger partial charge on any atom is -0.481 e. The highest BCUT2D eigenvalue weighted by Crippen LogP contribution is 2.38. The zero-order chi connectivity index (χ0) is 11.1. The van der Waals surface area contributed by atoms with Gasteiger partial charge in [0.1, 0.15) is 5.60 Å². The first-order valence-electron chi connectivity index (χ1n) is 5.01. The van der Waals surface area contributed by atoms with Crippen molar-refractivity contribution in [2.24, 2.45) is 0 Å². The number of aryl methyl sites for hydroxylation is 2. The number of hydrogen-bond acceptors (Lipinski definition) is 3. The van der Waals surface area contributed by atoms with Gasteiger partial charge in [0.15, 0.2) is 0 Å². The second-order valence-electron chi connectivity index (χ2n) is 4.13. The molecule has 0 fully saturated rings. The molecule has 15 heavy (non-hydrogen) atoms. The van der Waals surface area contributed by atoms with Gasteiger partial charge in [-0.3, -0.25) is 9.89 Å². The molecule has 5 nitrogen and oxygen atoms in total. The topological polar surface area (TPSA) is 86.2 Å². The molecule has 82 valence electrons. The molecule has 1 aromatic heterocycles. The lowest BCUT2D eigenvalue weighted by molar-refractivity contribution is -0.143. The zero-order valence-corrected chi connectivity index (χ0v) is 8.58. The highest BCUT2D eigenvalue weighted by Gasteiger charge is 2.39. The molecule has 0 aromatic carbocycles. The van der Waals surface area contributed by atoms with E-state index in [9.17, 15) is 9.90 Å². The molecule has 0 spiro atoms. The first-order chi connectivity index (χ1) is 7.03. The molecule has 5 heteroatoms. The lowest BCUT2D eigenvalue weighted by atomic mass is 9.79. The number of aromatic amines is 1. The van der Waals surface area contributed by atoms with E-state index in [1.807, 2.05) is 6.92 Å². The van der Waals surface area contributed by atoms with Crippen LogP contribution in [0.5, 0.6) is 0 Å². The fourth-order valence-electron chi connectivity index (χ4n) is 2.38. The number of carboxylic acid groups (broad SMARTS) is 1. The van der Waals surface area contributed by atoms with Crippen molar-refractivity contribution in [1.29, 1.82) is 0 Å². The van der Waals surface area contributed by atoms with Gasteiger partial charge in [-0.1, -0.05) is 0 Å². The fourth-order valence-corrected chi connectivity index (χ4v) is 2.38. The minimum absolute atomic E-state index is 0.250. The largest absolute Gasteiger partial charge is 0.481 e. The Balaban J connectivity index is 2.43. The smallest absolute Gasteiger partial charge is 0.306 e. The van der Waals surface area contributed by atoms with Crippen LogP contribution in [0.25, 0.3) is 0 Å². The van der Waals surface area contributed by atoms with E-state index in [4.69, 9.17) is 5.11 Å². The summed E-state index contributed by atoms with van der Waals surface area (Å²) in [5.74, 6) is -0.981. The Morgan fingerprint density at radius 2 is 2.40 bits per heavy atom. The van der Waals surface area contributed by atoms with Crippen LogP contribution in [0.1, 0.15) is 36.2 Å². The predicted molar refractivity (Wildman–Crippen MR) is 52.4 cm³/mol. The summed E-state index contributed by atoms with van der Waals surface area (Å²) in [7, 11) is 0. The van der Waals surface area contributed by atoms with Crippen molar-refractivity contribution in [2.45, 2.75) is 38.2 Å². The molecule has 0 saturated carbocycles. The molecule has 0 saturated heterocycles. The molecule has 0 radical (unpaired) electrons. The third kappa shape index (κ3) is 1.63. The third-order valence-corrected chi connectivity index (χ3v) is 2.94. The summed E-state index contributed by atoms with van der Waals surface area (Å²) in [5.41, 5.74) is 1.03. The average molecular weight is 210 g/mol. The maximum Gasteiger partial charge on any atom is 0.306 e. The number of carbonyl (C=O) groups is 1. The van der Waals surface area contributed by atoms with Crippen LogP contribution in [0.4, 0.5) is 0 Å². The van der Waals surface area contributed by atoms with Crippen LogP contribution >= 0.6 is 0 Å². The summed E-state index contributed by atoms with van der Waals surface area (Å²) >= 11 is 0. The van der Waals surface area contributed by atoms with Crippen molar-refractivity contribution in [2.75, 3.05) is 0 Å². The van der Waals surface area contributed by atoms with Crippen LogP contribution in [0.2, 0.25) is 0 Å². The maximum absolute atomic E-state index is 10.7. The van der Waals surface area contributed by atoms with Gasteiger partial charge in [0, 0.05) is 11.3 Å².